The quantitative estimate of drug-likeness (QED) is 0.812. The lowest BCUT2D eigenvalue weighted by Gasteiger charge is -2.39. The van der Waals surface area contributed by atoms with Crippen molar-refractivity contribution in [3.8, 4) is 5.75 Å². The number of likely N-dealkylation sites (tertiary alicyclic amines) is 1. The van der Waals surface area contributed by atoms with Crippen molar-refractivity contribution < 1.29 is 14.9 Å². The van der Waals surface area contributed by atoms with Crippen molar-refractivity contribution in [3.05, 3.63) is 29.8 Å². The van der Waals surface area contributed by atoms with Crippen LogP contribution in [0.1, 0.15) is 38.2 Å². The molecule has 0 spiro atoms. The van der Waals surface area contributed by atoms with Gasteiger partial charge in [0, 0.05) is 12.6 Å². The number of aryl methyl sites for hydroxylation is 1. The molecule has 22 heavy (non-hydrogen) atoms. The maximum absolute atomic E-state index is 10.3. The zero-order chi connectivity index (χ0) is 15.9. The summed E-state index contributed by atoms with van der Waals surface area (Å²) < 4.78 is 5.67. The minimum atomic E-state index is -0.537. The van der Waals surface area contributed by atoms with Crippen LogP contribution >= 0.6 is 0 Å². The van der Waals surface area contributed by atoms with Gasteiger partial charge in [-0.25, -0.2) is 0 Å². The molecule has 0 aliphatic carbocycles. The summed E-state index contributed by atoms with van der Waals surface area (Å²) in [4.78, 5) is 2.22. The number of rotatable bonds is 7. The van der Waals surface area contributed by atoms with E-state index in [4.69, 9.17) is 4.74 Å². The number of aliphatic hydroxyl groups excluding tert-OH is 2. The molecule has 1 heterocycles. The summed E-state index contributed by atoms with van der Waals surface area (Å²) in [6.45, 7) is 5.83. The van der Waals surface area contributed by atoms with Crippen LogP contribution in [0.5, 0.6) is 5.75 Å². The highest BCUT2D eigenvalue weighted by molar-refractivity contribution is 5.27. The van der Waals surface area contributed by atoms with Gasteiger partial charge in [0.2, 0.25) is 0 Å². The molecule has 1 aromatic carbocycles. The van der Waals surface area contributed by atoms with Gasteiger partial charge in [-0.1, -0.05) is 25.5 Å². The van der Waals surface area contributed by atoms with Gasteiger partial charge in [-0.2, -0.15) is 0 Å². The van der Waals surface area contributed by atoms with Crippen LogP contribution in [0, 0.1) is 6.92 Å². The number of nitrogens with zero attached hydrogens (tertiary/aromatic N) is 1. The summed E-state index contributed by atoms with van der Waals surface area (Å²) >= 11 is 0. The van der Waals surface area contributed by atoms with Gasteiger partial charge >= 0.3 is 0 Å². The van der Waals surface area contributed by atoms with E-state index in [1.807, 2.05) is 38.1 Å². The highest BCUT2D eigenvalue weighted by atomic mass is 16.5. The largest absolute Gasteiger partial charge is 0.491 e. The first kappa shape index (κ1) is 17.3. The Bertz CT molecular complexity index is 452. The van der Waals surface area contributed by atoms with E-state index in [2.05, 4.69) is 4.90 Å². The molecular formula is C18H29NO3. The van der Waals surface area contributed by atoms with E-state index < -0.39 is 6.10 Å². The number of ether oxygens (including phenoxy) is 1. The number of hydrogen-bond donors (Lipinski definition) is 2. The summed E-state index contributed by atoms with van der Waals surface area (Å²) in [7, 11) is 0. The highest BCUT2D eigenvalue weighted by Gasteiger charge is 2.29. The lowest BCUT2D eigenvalue weighted by molar-refractivity contribution is -0.0100. The highest BCUT2D eigenvalue weighted by Crippen LogP contribution is 2.21. The summed E-state index contributed by atoms with van der Waals surface area (Å²) in [6, 6.07) is 8.03. The van der Waals surface area contributed by atoms with E-state index in [-0.39, 0.29) is 18.8 Å². The van der Waals surface area contributed by atoms with Gasteiger partial charge in [-0.3, -0.25) is 4.90 Å². The van der Waals surface area contributed by atoms with Crippen molar-refractivity contribution in [2.45, 2.75) is 57.8 Å². The molecular weight excluding hydrogens is 278 g/mol. The van der Waals surface area contributed by atoms with Gasteiger partial charge in [-0.05, 0) is 50.4 Å². The molecule has 4 nitrogen and oxygen atoms in total. The Morgan fingerprint density at radius 3 is 2.86 bits per heavy atom. The van der Waals surface area contributed by atoms with Crippen molar-refractivity contribution >= 4 is 0 Å². The molecule has 0 bridgehead atoms. The number of aliphatic hydroxyl groups is 2. The third kappa shape index (κ3) is 4.97. The first-order chi connectivity index (χ1) is 10.6. The minimum Gasteiger partial charge on any atom is -0.491 e. The van der Waals surface area contributed by atoms with Gasteiger partial charge in [0.05, 0.1) is 6.10 Å². The molecule has 4 heteroatoms. The third-order valence-electron chi connectivity index (χ3n) is 4.40. The third-order valence-corrected chi connectivity index (χ3v) is 4.40. The standard InChI is InChI=1S/C18H29NO3/c1-3-18(21)17-9-4-5-10-19(17)12-15(20)13-22-16-8-6-7-14(2)11-16/h6-8,11,15,17-18,20-21H,3-5,9-10,12-13H2,1-2H3. The molecule has 2 rings (SSSR count). The minimum absolute atomic E-state index is 0.173. The Morgan fingerprint density at radius 2 is 2.14 bits per heavy atom. The molecule has 3 atom stereocenters. The molecule has 1 saturated heterocycles. The molecule has 1 aliphatic heterocycles. The van der Waals surface area contributed by atoms with E-state index in [0.29, 0.717) is 6.54 Å². The second-order valence-corrected chi connectivity index (χ2v) is 6.31. The number of β-amino-alcohol motifs (C(OH)–C–C–N with tert-alkyl or cyclic N) is 1. The smallest absolute Gasteiger partial charge is 0.119 e. The van der Waals surface area contributed by atoms with E-state index in [1.54, 1.807) is 0 Å². The first-order valence-electron chi connectivity index (χ1n) is 8.39. The van der Waals surface area contributed by atoms with Crippen molar-refractivity contribution in [1.82, 2.24) is 4.90 Å². The number of piperidine rings is 1. The summed E-state index contributed by atoms with van der Waals surface area (Å²) in [5, 5.41) is 20.4. The molecule has 3 unspecified atom stereocenters. The molecule has 1 aromatic rings. The Hall–Kier alpha value is -1.10. The van der Waals surface area contributed by atoms with Crippen LogP contribution in [0.4, 0.5) is 0 Å². The first-order valence-corrected chi connectivity index (χ1v) is 8.39. The average Bonchev–Trinajstić information content (AvgIpc) is 2.53. The molecule has 2 N–H and O–H groups in total. The normalized spacial score (nSPS) is 22.3. The van der Waals surface area contributed by atoms with Crippen LogP contribution in [0.3, 0.4) is 0 Å². The van der Waals surface area contributed by atoms with E-state index in [1.165, 1.54) is 0 Å². The van der Waals surface area contributed by atoms with Crippen LogP contribution in [-0.4, -0.2) is 53.1 Å². The lowest BCUT2D eigenvalue weighted by Crippen LogP contribution is -2.50. The maximum atomic E-state index is 10.3. The Labute approximate surface area is 133 Å². The van der Waals surface area contributed by atoms with Gasteiger partial charge in [0.15, 0.2) is 0 Å². The topological polar surface area (TPSA) is 52.9 Å². The predicted molar refractivity (Wildman–Crippen MR) is 88.2 cm³/mol. The fourth-order valence-electron chi connectivity index (χ4n) is 3.17. The zero-order valence-electron chi connectivity index (χ0n) is 13.7. The fourth-order valence-corrected chi connectivity index (χ4v) is 3.17. The molecule has 124 valence electrons. The number of benzene rings is 1. The SMILES string of the molecule is CCC(O)C1CCCCN1CC(O)COc1cccc(C)c1. The number of hydrogen-bond acceptors (Lipinski definition) is 4. The van der Waals surface area contributed by atoms with E-state index in [9.17, 15) is 10.2 Å². The van der Waals surface area contributed by atoms with Crippen molar-refractivity contribution in [2.24, 2.45) is 0 Å². The lowest BCUT2D eigenvalue weighted by atomic mass is 9.95. The Kier molecular flexibility index (Phi) is 6.68. The fraction of sp³-hybridized carbons (Fsp3) is 0.667. The van der Waals surface area contributed by atoms with Gasteiger partial charge < -0.3 is 14.9 Å². The molecule has 1 fully saturated rings. The average molecular weight is 307 g/mol. The van der Waals surface area contributed by atoms with Crippen LogP contribution < -0.4 is 4.74 Å². The van der Waals surface area contributed by atoms with Crippen LogP contribution in [0.25, 0.3) is 0 Å². The van der Waals surface area contributed by atoms with Gasteiger partial charge in [0.25, 0.3) is 0 Å². The second kappa shape index (κ2) is 8.51. The summed E-state index contributed by atoms with van der Waals surface area (Å²) in [5.41, 5.74) is 1.15. The van der Waals surface area contributed by atoms with Crippen LogP contribution in [0.15, 0.2) is 24.3 Å². The zero-order valence-corrected chi connectivity index (χ0v) is 13.7. The van der Waals surface area contributed by atoms with E-state index >= 15 is 0 Å². The molecule has 0 aromatic heterocycles. The second-order valence-electron chi connectivity index (χ2n) is 6.31. The predicted octanol–water partition coefficient (Wildman–Crippen LogP) is 2.36. The molecule has 0 radical (unpaired) electrons. The van der Waals surface area contributed by atoms with Crippen molar-refractivity contribution in [1.29, 1.82) is 0 Å². The van der Waals surface area contributed by atoms with Crippen LogP contribution in [-0.2, 0) is 0 Å². The Balaban J connectivity index is 1.83. The molecule has 1 aliphatic rings. The van der Waals surface area contributed by atoms with Crippen LogP contribution in [0.2, 0.25) is 0 Å². The van der Waals surface area contributed by atoms with E-state index in [0.717, 1.165) is 43.5 Å². The van der Waals surface area contributed by atoms with Gasteiger partial charge in [-0.15, -0.1) is 0 Å². The summed E-state index contributed by atoms with van der Waals surface area (Å²) in [6.07, 6.45) is 3.24. The maximum Gasteiger partial charge on any atom is 0.119 e. The van der Waals surface area contributed by atoms with Gasteiger partial charge in [0.1, 0.15) is 18.5 Å². The van der Waals surface area contributed by atoms with Crippen molar-refractivity contribution in [3.63, 3.8) is 0 Å². The molecule has 0 saturated carbocycles. The Morgan fingerprint density at radius 1 is 1.32 bits per heavy atom. The van der Waals surface area contributed by atoms with Crippen molar-refractivity contribution in [2.75, 3.05) is 19.7 Å². The molecule has 0 amide bonds. The summed E-state index contributed by atoms with van der Waals surface area (Å²) in [5.74, 6) is 0.794. The monoisotopic (exact) mass is 307 g/mol.